The Morgan fingerprint density at radius 1 is 1.71 bits per heavy atom. The first-order valence-electron chi connectivity index (χ1n) is 4.52. The SMILES string of the molecule is CC(CC#N)N1CC(=O)NC(=O)C1C. The van der Waals surface area contributed by atoms with Crippen molar-refractivity contribution in [3.05, 3.63) is 0 Å². The third-order valence-electron chi connectivity index (χ3n) is 2.42. The number of hydrogen-bond acceptors (Lipinski definition) is 4. The van der Waals surface area contributed by atoms with Gasteiger partial charge in [0.15, 0.2) is 0 Å². The largest absolute Gasteiger partial charge is 0.294 e. The lowest BCUT2D eigenvalue weighted by Gasteiger charge is -2.35. The van der Waals surface area contributed by atoms with Gasteiger partial charge in [0.05, 0.1) is 25.1 Å². The van der Waals surface area contributed by atoms with Crippen LogP contribution >= 0.6 is 0 Å². The number of amides is 2. The molecular formula is C9H13N3O2. The minimum atomic E-state index is -0.337. The minimum Gasteiger partial charge on any atom is -0.294 e. The van der Waals surface area contributed by atoms with E-state index in [1.54, 1.807) is 11.8 Å². The molecule has 0 aromatic carbocycles. The van der Waals surface area contributed by atoms with Crippen LogP contribution in [0.1, 0.15) is 20.3 Å². The van der Waals surface area contributed by atoms with Crippen LogP contribution in [0.4, 0.5) is 0 Å². The van der Waals surface area contributed by atoms with Crippen molar-refractivity contribution in [3.8, 4) is 6.07 Å². The van der Waals surface area contributed by atoms with Crippen molar-refractivity contribution in [2.45, 2.75) is 32.4 Å². The highest BCUT2D eigenvalue weighted by molar-refractivity contribution is 6.00. The van der Waals surface area contributed by atoms with Crippen molar-refractivity contribution >= 4 is 11.8 Å². The number of nitriles is 1. The van der Waals surface area contributed by atoms with Crippen LogP contribution in [0.2, 0.25) is 0 Å². The second-order valence-electron chi connectivity index (χ2n) is 3.47. The Balaban J connectivity index is 2.71. The van der Waals surface area contributed by atoms with Crippen LogP contribution in [-0.4, -0.2) is 35.3 Å². The van der Waals surface area contributed by atoms with Crippen molar-refractivity contribution in [2.24, 2.45) is 0 Å². The molecule has 2 atom stereocenters. The zero-order chi connectivity index (χ0) is 10.7. The summed E-state index contributed by atoms with van der Waals surface area (Å²) in [4.78, 5) is 24.1. The molecule has 0 bridgehead atoms. The predicted octanol–water partition coefficient (Wildman–Crippen LogP) is -0.365. The highest BCUT2D eigenvalue weighted by Crippen LogP contribution is 2.11. The van der Waals surface area contributed by atoms with E-state index in [0.717, 1.165) is 0 Å². The van der Waals surface area contributed by atoms with E-state index < -0.39 is 0 Å². The first kappa shape index (κ1) is 10.7. The van der Waals surface area contributed by atoms with Gasteiger partial charge in [0.25, 0.3) is 0 Å². The molecule has 2 amide bonds. The molecule has 2 unspecified atom stereocenters. The summed E-state index contributed by atoms with van der Waals surface area (Å²) in [5.74, 6) is -0.580. The Kier molecular flexibility index (Phi) is 3.20. The normalized spacial score (nSPS) is 25.4. The molecule has 1 heterocycles. The van der Waals surface area contributed by atoms with Gasteiger partial charge in [-0.3, -0.25) is 19.8 Å². The van der Waals surface area contributed by atoms with Crippen molar-refractivity contribution in [3.63, 3.8) is 0 Å². The average Bonchev–Trinajstić information content (AvgIpc) is 2.11. The van der Waals surface area contributed by atoms with E-state index in [1.807, 2.05) is 13.0 Å². The van der Waals surface area contributed by atoms with Gasteiger partial charge in [0.1, 0.15) is 0 Å². The molecule has 1 aliphatic heterocycles. The molecule has 0 aromatic heterocycles. The summed E-state index contributed by atoms with van der Waals surface area (Å²) in [6, 6.07) is 1.63. The molecule has 0 aliphatic carbocycles. The molecule has 1 saturated heterocycles. The summed E-state index contributed by atoms with van der Waals surface area (Å²) >= 11 is 0. The maximum absolute atomic E-state index is 11.3. The average molecular weight is 195 g/mol. The van der Waals surface area contributed by atoms with Crippen LogP contribution in [0.3, 0.4) is 0 Å². The molecule has 1 rings (SSSR count). The zero-order valence-corrected chi connectivity index (χ0v) is 8.28. The van der Waals surface area contributed by atoms with Gasteiger partial charge in [-0.2, -0.15) is 5.26 Å². The van der Waals surface area contributed by atoms with E-state index in [1.165, 1.54) is 0 Å². The molecule has 76 valence electrons. The number of piperazine rings is 1. The summed E-state index contributed by atoms with van der Waals surface area (Å²) in [5, 5.41) is 10.8. The minimum absolute atomic E-state index is 0.0648. The highest BCUT2D eigenvalue weighted by atomic mass is 16.2. The van der Waals surface area contributed by atoms with Gasteiger partial charge in [-0.1, -0.05) is 0 Å². The van der Waals surface area contributed by atoms with Crippen LogP contribution in [-0.2, 0) is 9.59 Å². The van der Waals surface area contributed by atoms with E-state index in [-0.39, 0.29) is 30.4 Å². The molecule has 1 fully saturated rings. The molecule has 1 aliphatic rings. The summed E-state index contributed by atoms with van der Waals surface area (Å²) in [6.07, 6.45) is 0.324. The Morgan fingerprint density at radius 3 is 2.93 bits per heavy atom. The van der Waals surface area contributed by atoms with Crippen molar-refractivity contribution in [1.29, 1.82) is 5.26 Å². The quantitative estimate of drug-likeness (QED) is 0.610. The van der Waals surface area contributed by atoms with Gasteiger partial charge in [0.2, 0.25) is 11.8 Å². The lowest BCUT2D eigenvalue weighted by molar-refractivity contribution is -0.140. The molecule has 0 saturated carbocycles. The van der Waals surface area contributed by atoms with Gasteiger partial charge in [-0.25, -0.2) is 0 Å². The van der Waals surface area contributed by atoms with Crippen molar-refractivity contribution in [1.82, 2.24) is 10.2 Å². The smallest absolute Gasteiger partial charge is 0.243 e. The topological polar surface area (TPSA) is 73.2 Å². The van der Waals surface area contributed by atoms with Gasteiger partial charge >= 0.3 is 0 Å². The lowest BCUT2D eigenvalue weighted by Crippen LogP contribution is -2.59. The third-order valence-corrected chi connectivity index (χ3v) is 2.42. The third kappa shape index (κ3) is 2.09. The monoisotopic (exact) mass is 195 g/mol. The Labute approximate surface area is 82.7 Å². The molecular weight excluding hydrogens is 182 g/mol. The summed E-state index contributed by atoms with van der Waals surface area (Å²) in [6.45, 7) is 3.76. The van der Waals surface area contributed by atoms with E-state index in [0.29, 0.717) is 6.42 Å². The fourth-order valence-corrected chi connectivity index (χ4v) is 1.52. The number of imide groups is 1. The standard InChI is InChI=1S/C9H13N3O2/c1-6(3-4-10)12-5-8(13)11-9(14)7(12)2/h6-7H,3,5H2,1-2H3,(H,11,13,14). The van der Waals surface area contributed by atoms with Crippen LogP contribution in [0, 0.1) is 11.3 Å². The number of rotatable bonds is 2. The van der Waals surface area contributed by atoms with Gasteiger partial charge in [-0.15, -0.1) is 0 Å². The van der Waals surface area contributed by atoms with Crippen LogP contribution < -0.4 is 5.32 Å². The molecule has 5 heteroatoms. The Morgan fingerprint density at radius 2 is 2.36 bits per heavy atom. The second-order valence-corrected chi connectivity index (χ2v) is 3.47. The first-order valence-corrected chi connectivity index (χ1v) is 4.52. The first-order chi connectivity index (χ1) is 6.56. The van der Waals surface area contributed by atoms with E-state index in [4.69, 9.17) is 5.26 Å². The molecule has 5 nitrogen and oxygen atoms in total. The van der Waals surface area contributed by atoms with E-state index in [9.17, 15) is 9.59 Å². The van der Waals surface area contributed by atoms with Crippen LogP contribution in [0.5, 0.6) is 0 Å². The summed E-state index contributed by atoms with van der Waals surface area (Å²) < 4.78 is 0. The highest BCUT2D eigenvalue weighted by Gasteiger charge is 2.32. The molecule has 0 aromatic rings. The number of nitrogens with zero attached hydrogens (tertiary/aromatic N) is 2. The van der Waals surface area contributed by atoms with Crippen LogP contribution in [0.15, 0.2) is 0 Å². The fourth-order valence-electron chi connectivity index (χ4n) is 1.52. The van der Waals surface area contributed by atoms with Gasteiger partial charge in [0, 0.05) is 6.04 Å². The van der Waals surface area contributed by atoms with Crippen LogP contribution in [0.25, 0.3) is 0 Å². The molecule has 0 radical (unpaired) electrons. The van der Waals surface area contributed by atoms with Crippen molar-refractivity contribution in [2.75, 3.05) is 6.54 Å². The number of nitrogens with one attached hydrogen (secondary N) is 1. The maximum atomic E-state index is 11.3. The number of carbonyl (C=O) groups excluding carboxylic acids is 2. The second kappa shape index (κ2) is 4.20. The van der Waals surface area contributed by atoms with E-state index in [2.05, 4.69) is 5.32 Å². The fraction of sp³-hybridized carbons (Fsp3) is 0.667. The Hall–Kier alpha value is -1.41. The van der Waals surface area contributed by atoms with Gasteiger partial charge < -0.3 is 0 Å². The Bertz CT molecular complexity index is 295. The predicted molar refractivity (Wildman–Crippen MR) is 49.0 cm³/mol. The number of carbonyl (C=O) groups is 2. The van der Waals surface area contributed by atoms with Crippen molar-refractivity contribution < 1.29 is 9.59 Å². The maximum Gasteiger partial charge on any atom is 0.243 e. The number of hydrogen-bond donors (Lipinski definition) is 1. The van der Waals surface area contributed by atoms with Gasteiger partial charge in [-0.05, 0) is 13.8 Å². The summed E-state index contributed by atoms with van der Waals surface area (Å²) in [7, 11) is 0. The molecule has 14 heavy (non-hydrogen) atoms. The summed E-state index contributed by atoms with van der Waals surface area (Å²) in [5.41, 5.74) is 0. The molecule has 0 spiro atoms. The molecule has 1 N–H and O–H groups in total. The van der Waals surface area contributed by atoms with E-state index >= 15 is 0 Å². The zero-order valence-electron chi connectivity index (χ0n) is 8.28. The lowest BCUT2D eigenvalue weighted by atomic mass is 10.1.